The molecule has 0 N–H and O–H groups in total. The zero-order valence-electron chi connectivity index (χ0n) is 8.26. The van der Waals surface area contributed by atoms with Crippen LogP contribution in [0.3, 0.4) is 0 Å². The number of rotatable bonds is 3. The van der Waals surface area contributed by atoms with Crippen LogP contribution in [-0.2, 0) is 0 Å². The van der Waals surface area contributed by atoms with Gasteiger partial charge >= 0.3 is 6.18 Å². The van der Waals surface area contributed by atoms with E-state index in [4.69, 9.17) is 5.26 Å². The monoisotopic (exact) mass is 291 g/mol. The third-order valence-corrected chi connectivity index (χ3v) is 2.88. The van der Waals surface area contributed by atoms with Crippen LogP contribution in [0.1, 0.15) is 24.3 Å². The first-order valence-electron chi connectivity index (χ1n) is 4.65. The summed E-state index contributed by atoms with van der Waals surface area (Å²) in [5, 5.41) is 8.86. The highest BCUT2D eigenvalue weighted by atomic mass is 79.9. The molecule has 1 aromatic carbocycles. The van der Waals surface area contributed by atoms with E-state index in [1.807, 2.05) is 6.07 Å². The maximum atomic E-state index is 12.0. The fraction of sp³-hybridized carbons (Fsp3) is 0.364. The van der Waals surface area contributed by atoms with Gasteiger partial charge in [-0.2, -0.15) is 18.4 Å². The van der Waals surface area contributed by atoms with E-state index < -0.39 is 18.5 Å². The second-order valence-corrected chi connectivity index (χ2v) is 4.21. The number of alkyl halides is 3. The van der Waals surface area contributed by atoms with Crippen molar-refractivity contribution in [1.29, 1.82) is 5.26 Å². The Labute approximate surface area is 100 Å². The Morgan fingerprint density at radius 2 is 1.94 bits per heavy atom. The Hall–Kier alpha value is -1.02. The van der Waals surface area contributed by atoms with E-state index in [0.29, 0.717) is 10.0 Å². The number of nitrogens with zero attached hydrogens (tertiary/aromatic N) is 1. The Bertz CT molecular complexity index is 395. The van der Waals surface area contributed by atoms with E-state index in [9.17, 15) is 13.2 Å². The molecule has 5 heteroatoms. The van der Waals surface area contributed by atoms with Gasteiger partial charge in [-0.1, -0.05) is 34.1 Å². The van der Waals surface area contributed by atoms with E-state index in [-0.39, 0.29) is 6.42 Å². The molecule has 0 aromatic heterocycles. The molecule has 1 atom stereocenters. The lowest BCUT2D eigenvalue weighted by Crippen LogP contribution is -2.09. The molecule has 1 rings (SSSR count). The second-order valence-electron chi connectivity index (χ2n) is 3.36. The van der Waals surface area contributed by atoms with Crippen LogP contribution in [-0.4, -0.2) is 6.18 Å². The molecular formula is C11H9BrF3N. The average molecular weight is 292 g/mol. The van der Waals surface area contributed by atoms with Crippen LogP contribution in [0, 0.1) is 11.3 Å². The Morgan fingerprint density at radius 1 is 1.31 bits per heavy atom. The van der Waals surface area contributed by atoms with Crippen molar-refractivity contribution in [3.63, 3.8) is 0 Å². The van der Waals surface area contributed by atoms with Gasteiger partial charge in [-0.25, -0.2) is 0 Å². The first-order chi connectivity index (χ1) is 7.44. The molecule has 0 saturated carbocycles. The molecule has 0 fully saturated rings. The topological polar surface area (TPSA) is 23.8 Å². The largest absolute Gasteiger partial charge is 0.389 e. The molecule has 0 aliphatic rings. The third kappa shape index (κ3) is 3.86. The molecule has 0 heterocycles. The molecule has 0 spiro atoms. The maximum absolute atomic E-state index is 12.0. The lowest BCUT2D eigenvalue weighted by Gasteiger charge is -2.12. The fourth-order valence-electron chi connectivity index (χ4n) is 1.36. The van der Waals surface area contributed by atoms with Gasteiger partial charge in [0.25, 0.3) is 0 Å². The van der Waals surface area contributed by atoms with Crippen molar-refractivity contribution in [3.05, 3.63) is 34.3 Å². The van der Waals surface area contributed by atoms with Crippen LogP contribution >= 0.6 is 15.9 Å². The summed E-state index contributed by atoms with van der Waals surface area (Å²) in [6.45, 7) is 0. The number of nitriles is 1. The SMILES string of the molecule is N#C[C@@H](CCC(F)(F)F)c1ccccc1Br. The third-order valence-electron chi connectivity index (χ3n) is 2.15. The van der Waals surface area contributed by atoms with Crippen LogP contribution in [0.5, 0.6) is 0 Å². The van der Waals surface area contributed by atoms with Crippen LogP contribution < -0.4 is 0 Å². The van der Waals surface area contributed by atoms with Gasteiger partial charge in [0, 0.05) is 10.9 Å². The lowest BCUT2D eigenvalue weighted by atomic mass is 9.96. The van der Waals surface area contributed by atoms with E-state index in [1.54, 1.807) is 24.3 Å². The molecule has 0 bridgehead atoms. The van der Waals surface area contributed by atoms with Crippen molar-refractivity contribution in [1.82, 2.24) is 0 Å². The number of hydrogen-bond donors (Lipinski definition) is 0. The summed E-state index contributed by atoms with van der Waals surface area (Å²) >= 11 is 3.23. The molecule has 0 unspecified atom stereocenters. The average Bonchev–Trinajstić information content (AvgIpc) is 2.20. The van der Waals surface area contributed by atoms with Gasteiger partial charge in [-0.3, -0.25) is 0 Å². The van der Waals surface area contributed by atoms with Crippen molar-refractivity contribution in [2.24, 2.45) is 0 Å². The second kappa shape index (κ2) is 5.35. The minimum atomic E-state index is -4.21. The zero-order valence-corrected chi connectivity index (χ0v) is 9.85. The summed E-state index contributed by atoms with van der Waals surface area (Å²) in [5.74, 6) is -0.725. The minimum absolute atomic E-state index is 0.206. The van der Waals surface area contributed by atoms with Crippen molar-refractivity contribution in [2.45, 2.75) is 24.9 Å². The summed E-state index contributed by atoms with van der Waals surface area (Å²) < 4.78 is 36.8. The smallest absolute Gasteiger partial charge is 0.198 e. The standard InChI is InChI=1S/C11H9BrF3N/c12-10-4-2-1-3-9(10)8(7-16)5-6-11(13,14)15/h1-4,8H,5-6H2/t8-/m1/s1. The van der Waals surface area contributed by atoms with Crippen molar-refractivity contribution >= 4 is 15.9 Å². The van der Waals surface area contributed by atoms with Gasteiger partial charge in [0.15, 0.2) is 0 Å². The van der Waals surface area contributed by atoms with Crippen molar-refractivity contribution in [3.8, 4) is 6.07 Å². The van der Waals surface area contributed by atoms with Gasteiger partial charge in [-0.15, -0.1) is 0 Å². The van der Waals surface area contributed by atoms with Gasteiger partial charge in [-0.05, 0) is 18.1 Å². The molecule has 0 radical (unpaired) electrons. The first-order valence-corrected chi connectivity index (χ1v) is 5.44. The van der Waals surface area contributed by atoms with E-state index in [0.717, 1.165) is 0 Å². The van der Waals surface area contributed by atoms with Crippen molar-refractivity contribution in [2.75, 3.05) is 0 Å². The highest BCUT2D eigenvalue weighted by Crippen LogP contribution is 2.31. The Balaban J connectivity index is 2.77. The van der Waals surface area contributed by atoms with Crippen LogP contribution in [0.15, 0.2) is 28.7 Å². The maximum Gasteiger partial charge on any atom is 0.389 e. The van der Waals surface area contributed by atoms with Crippen LogP contribution in [0.25, 0.3) is 0 Å². The van der Waals surface area contributed by atoms with E-state index in [2.05, 4.69) is 15.9 Å². The lowest BCUT2D eigenvalue weighted by molar-refractivity contribution is -0.135. The number of benzene rings is 1. The molecule has 16 heavy (non-hydrogen) atoms. The molecule has 1 aromatic rings. The highest BCUT2D eigenvalue weighted by molar-refractivity contribution is 9.10. The van der Waals surface area contributed by atoms with Crippen LogP contribution in [0.4, 0.5) is 13.2 Å². The predicted octanol–water partition coefficient (Wildman–Crippen LogP) is 4.40. The molecular weight excluding hydrogens is 283 g/mol. The molecule has 0 saturated heterocycles. The summed E-state index contributed by atoms with van der Waals surface area (Å²) in [6.07, 6.45) is -5.36. The van der Waals surface area contributed by atoms with Crippen LogP contribution in [0.2, 0.25) is 0 Å². The molecule has 0 aliphatic carbocycles. The van der Waals surface area contributed by atoms with Crippen molar-refractivity contribution < 1.29 is 13.2 Å². The summed E-state index contributed by atoms with van der Waals surface area (Å²) in [4.78, 5) is 0. The van der Waals surface area contributed by atoms with Gasteiger partial charge in [0.05, 0.1) is 12.0 Å². The molecule has 0 amide bonds. The minimum Gasteiger partial charge on any atom is -0.198 e. The normalized spacial score (nSPS) is 13.2. The quantitative estimate of drug-likeness (QED) is 0.810. The summed E-state index contributed by atoms with van der Waals surface area (Å²) in [7, 11) is 0. The molecule has 86 valence electrons. The van der Waals surface area contributed by atoms with E-state index >= 15 is 0 Å². The predicted molar refractivity (Wildman–Crippen MR) is 57.8 cm³/mol. The summed E-state index contributed by atoms with van der Waals surface area (Å²) in [5.41, 5.74) is 0.606. The first kappa shape index (κ1) is 13.0. The summed E-state index contributed by atoms with van der Waals surface area (Å²) in [6, 6.07) is 8.74. The van der Waals surface area contributed by atoms with Gasteiger partial charge in [0.1, 0.15) is 0 Å². The highest BCUT2D eigenvalue weighted by Gasteiger charge is 2.29. The number of hydrogen-bond acceptors (Lipinski definition) is 1. The van der Waals surface area contributed by atoms with Gasteiger partial charge in [0.2, 0.25) is 0 Å². The fourth-order valence-corrected chi connectivity index (χ4v) is 1.92. The molecule has 1 nitrogen and oxygen atoms in total. The van der Waals surface area contributed by atoms with E-state index in [1.165, 1.54) is 0 Å². The number of halogens is 4. The zero-order chi connectivity index (χ0) is 12.2. The Kier molecular flexibility index (Phi) is 4.36. The Morgan fingerprint density at radius 3 is 2.44 bits per heavy atom. The molecule has 0 aliphatic heterocycles. The van der Waals surface area contributed by atoms with Gasteiger partial charge < -0.3 is 0 Å².